The monoisotopic (exact) mass is 250 g/mol. The first-order valence-corrected chi connectivity index (χ1v) is 7.54. The van der Waals surface area contributed by atoms with Gasteiger partial charge in [0.15, 0.2) is 0 Å². The van der Waals surface area contributed by atoms with Crippen molar-refractivity contribution in [3.05, 3.63) is 0 Å². The summed E-state index contributed by atoms with van der Waals surface area (Å²) in [7, 11) is -3.13. The zero-order chi connectivity index (χ0) is 12.8. The van der Waals surface area contributed by atoms with Gasteiger partial charge in [0, 0.05) is 19.1 Å². The SMILES string of the molecule is CCC(C)(C)CNS(=O)(=O)CCNC(C)C. The standard InChI is InChI=1S/C11H26N2O2S/c1-6-11(4,5)9-13-16(14,15)8-7-12-10(2)3/h10,12-13H,6-9H2,1-5H3. The van der Waals surface area contributed by atoms with E-state index in [1.165, 1.54) is 0 Å². The van der Waals surface area contributed by atoms with Crippen molar-refractivity contribution in [2.24, 2.45) is 5.41 Å². The van der Waals surface area contributed by atoms with Gasteiger partial charge in [0.05, 0.1) is 5.75 Å². The lowest BCUT2D eigenvalue weighted by Gasteiger charge is -2.22. The summed E-state index contributed by atoms with van der Waals surface area (Å²) in [5, 5.41) is 3.09. The minimum atomic E-state index is -3.13. The van der Waals surface area contributed by atoms with E-state index in [2.05, 4.69) is 30.8 Å². The Morgan fingerprint density at radius 1 is 1.25 bits per heavy atom. The Morgan fingerprint density at radius 3 is 2.25 bits per heavy atom. The second kappa shape index (κ2) is 6.57. The summed E-state index contributed by atoms with van der Waals surface area (Å²) in [5.41, 5.74) is 0.0263. The minimum absolute atomic E-state index is 0.0263. The summed E-state index contributed by atoms with van der Waals surface area (Å²) in [6.07, 6.45) is 0.958. The maximum absolute atomic E-state index is 11.6. The summed E-state index contributed by atoms with van der Waals surface area (Å²) < 4.78 is 25.9. The van der Waals surface area contributed by atoms with Crippen LogP contribution in [0.15, 0.2) is 0 Å². The molecule has 0 heterocycles. The quantitative estimate of drug-likeness (QED) is 0.683. The fourth-order valence-corrected chi connectivity index (χ4v) is 2.13. The van der Waals surface area contributed by atoms with Crippen LogP contribution >= 0.6 is 0 Å². The Hall–Kier alpha value is -0.130. The molecule has 0 aromatic heterocycles. The molecule has 0 aromatic rings. The first-order valence-electron chi connectivity index (χ1n) is 5.89. The highest BCUT2D eigenvalue weighted by Crippen LogP contribution is 2.17. The molecule has 4 nitrogen and oxygen atoms in total. The maximum atomic E-state index is 11.6. The van der Waals surface area contributed by atoms with Crippen molar-refractivity contribution < 1.29 is 8.42 Å². The van der Waals surface area contributed by atoms with E-state index in [1.807, 2.05) is 13.8 Å². The normalized spacial score (nSPS) is 13.4. The molecule has 0 bridgehead atoms. The molecule has 0 radical (unpaired) electrons. The summed E-state index contributed by atoms with van der Waals surface area (Å²) >= 11 is 0. The Kier molecular flexibility index (Phi) is 6.51. The third-order valence-electron chi connectivity index (χ3n) is 2.65. The molecule has 0 aromatic carbocycles. The average Bonchev–Trinajstić information content (AvgIpc) is 2.14. The van der Waals surface area contributed by atoms with Crippen LogP contribution < -0.4 is 10.0 Å². The molecule has 0 saturated heterocycles. The van der Waals surface area contributed by atoms with Crippen LogP contribution in [0.4, 0.5) is 0 Å². The molecule has 16 heavy (non-hydrogen) atoms. The van der Waals surface area contributed by atoms with Crippen LogP contribution in [0.2, 0.25) is 0 Å². The van der Waals surface area contributed by atoms with Gasteiger partial charge in [-0.25, -0.2) is 13.1 Å². The van der Waals surface area contributed by atoms with Crippen LogP contribution in [0, 0.1) is 5.41 Å². The molecule has 0 amide bonds. The second-order valence-corrected chi connectivity index (χ2v) is 7.19. The predicted molar refractivity (Wildman–Crippen MR) is 69.0 cm³/mol. The first-order chi connectivity index (χ1) is 7.18. The van der Waals surface area contributed by atoms with Gasteiger partial charge in [-0.3, -0.25) is 0 Å². The smallest absolute Gasteiger partial charge is 0.212 e. The van der Waals surface area contributed by atoms with Gasteiger partial charge in [0.25, 0.3) is 0 Å². The minimum Gasteiger partial charge on any atom is -0.313 e. The second-order valence-electron chi connectivity index (χ2n) is 5.27. The Bertz CT molecular complexity index is 284. The van der Waals surface area contributed by atoms with Crippen LogP contribution in [0.3, 0.4) is 0 Å². The van der Waals surface area contributed by atoms with Gasteiger partial charge < -0.3 is 5.32 Å². The van der Waals surface area contributed by atoms with E-state index in [0.29, 0.717) is 19.1 Å². The van der Waals surface area contributed by atoms with Crippen LogP contribution in [0.1, 0.15) is 41.0 Å². The van der Waals surface area contributed by atoms with Gasteiger partial charge in [0.1, 0.15) is 0 Å². The van der Waals surface area contributed by atoms with Gasteiger partial charge >= 0.3 is 0 Å². The molecule has 0 aliphatic heterocycles. The number of rotatable bonds is 8. The highest BCUT2D eigenvalue weighted by atomic mass is 32.2. The van der Waals surface area contributed by atoms with E-state index in [9.17, 15) is 8.42 Å². The van der Waals surface area contributed by atoms with Crippen LogP contribution in [-0.4, -0.2) is 33.3 Å². The lowest BCUT2D eigenvalue weighted by atomic mass is 9.91. The number of hydrogen-bond donors (Lipinski definition) is 2. The molecular formula is C11H26N2O2S. The molecule has 5 heteroatoms. The average molecular weight is 250 g/mol. The number of sulfonamides is 1. The molecule has 98 valence electrons. The Labute approximate surface area is 100 Å². The van der Waals surface area contributed by atoms with Crippen LogP contribution in [0.25, 0.3) is 0 Å². The van der Waals surface area contributed by atoms with Gasteiger partial charge in [0.2, 0.25) is 10.0 Å². The van der Waals surface area contributed by atoms with E-state index >= 15 is 0 Å². The highest BCUT2D eigenvalue weighted by molar-refractivity contribution is 7.89. The number of nitrogens with one attached hydrogen (secondary N) is 2. The van der Waals surface area contributed by atoms with Crippen LogP contribution in [0.5, 0.6) is 0 Å². The van der Waals surface area contributed by atoms with Crippen molar-refractivity contribution >= 4 is 10.0 Å². The van der Waals surface area contributed by atoms with Crippen molar-refractivity contribution in [3.8, 4) is 0 Å². The third kappa shape index (κ3) is 8.07. The van der Waals surface area contributed by atoms with E-state index in [4.69, 9.17) is 0 Å². The molecule has 0 spiro atoms. The van der Waals surface area contributed by atoms with Gasteiger partial charge in [-0.2, -0.15) is 0 Å². The largest absolute Gasteiger partial charge is 0.313 e. The van der Waals surface area contributed by atoms with Crippen molar-refractivity contribution in [1.82, 2.24) is 10.0 Å². The fourth-order valence-electron chi connectivity index (χ4n) is 0.984. The van der Waals surface area contributed by atoms with E-state index < -0.39 is 10.0 Å². The highest BCUT2D eigenvalue weighted by Gasteiger charge is 2.18. The van der Waals surface area contributed by atoms with Gasteiger partial charge in [-0.05, 0) is 11.8 Å². The molecule has 0 atom stereocenters. The molecule has 0 fully saturated rings. The van der Waals surface area contributed by atoms with Crippen molar-refractivity contribution in [2.75, 3.05) is 18.8 Å². The van der Waals surface area contributed by atoms with E-state index in [-0.39, 0.29) is 11.2 Å². The molecule has 2 N–H and O–H groups in total. The molecular weight excluding hydrogens is 224 g/mol. The molecule has 0 aliphatic carbocycles. The topological polar surface area (TPSA) is 58.2 Å². The molecule has 0 rings (SSSR count). The lowest BCUT2D eigenvalue weighted by molar-refractivity contribution is 0.350. The molecule has 0 aliphatic rings. The summed E-state index contributed by atoms with van der Waals surface area (Å²) in [6.45, 7) is 11.2. The third-order valence-corrected chi connectivity index (χ3v) is 3.98. The van der Waals surface area contributed by atoms with Gasteiger partial charge in [-0.15, -0.1) is 0 Å². The first kappa shape index (κ1) is 15.9. The van der Waals surface area contributed by atoms with E-state index in [1.54, 1.807) is 0 Å². The Morgan fingerprint density at radius 2 is 1.81 bits per heavy atom. The summed E-state index contributed by atoms with van der Waals surface area (Å²) in [5.74, 6) is 0.144. The Balaban J connectivity index is 3.97. The lowest BCUT2D eigenvalue weighted by Crippen LogP contribution is -2.38. The van der Waals surface area contributed by atoms with Crippen molar-refractivity contribution in [1.29, 1.82) is 0 Å². The molecule has 0 saturated carbocycles. The maximum Gasteiger partial charge on any atom is 0.212 e. The molecule has 0 unspecified atom stereocenters. The number of hydrogen-bond acceptors (Lipinski definition) is 3. The van der Waals surface area contributed by atoms with Crippen molar-refractivity contribution in [3.63, 3.8) is 0 Å². The zero-order valence-electron chi connectivity index (χ0n) is 11.1. The van der Waals surface area contributed by atoms with Crippen molar-refractivity contribution in [2.45, 2.75) is 47.1 Å². The van der Waals surface area contributed by atoms with Gasteiger partial charge in [-0.1, -0.05) is 34.6 Å². The summed E-state index contributed by atoms with van der Waals surface area (Å²) in [4.78, 5) is 0. The van der Waals surface area contributed by atoms with E-state index in [0.717, 1.165) is 6.42 Å². The van der Waals surface area contributed by atoms with Crippen LogP contribution in [-0.2, 0) is 10.0 Å². The summed E-state index contributed by atoms with van der Waals surface area (Å²) in [6, 6.07) is 0.322. The zero-order valence-corrected chi connectivity index (χ0v) is 11.9. The fraction of sp³-hybridized carbons (Fsp3) is 1.00. The predicted octanol–water partition coefficient (Wildman–Crippen LogP) is 1.34.